The van der Waals surface area contributed by atoms with Gasteiger partial charge in [0.25, 0.3) is 0 Å². The lowest BCUT2D eigenvalue weighted by molar-refractivity contribution is 0.209. The molecule has 2 aliphatic rings. The number of rotatable bonds is 4. The van der Waals surface area contributed by atoms with E-state index in [4.69, 9.17) is 0 Å². The lowest BCUT2D eigenvalue weighted by atomic mass is 9.74. The van der Waals surface area contributed by atoms with E-state index in [1.54, 1.807) is 6.07 Å². The number of nitrogens with one attached hydrogen (secondary N) is 1. The molecule has 0 spiro atoms. The van der Waals surface area contributed by atoms with Crippen molar-refractivity contribution in [2.24, 2.45) is 5.92 Å². The molecule has 1 aromatic rings. The second-order valence-electron chi connectivity index (χ2n) is 6.72. The van der Waals surface area contributed by atoms with Crippen LogP contribution >= 0.6 is 0 Å². The second-order valence-corrected chi connectivity index (χ2v) is 6.72. The first-order valence-corrected chi connectivity index (χ1v) is 8.26. The SMILES string of the molecule is CCC1CCCC(NC2CC(c3cccc(F)c3)C2)C1. The van der Waals surface area contributed by atoms with Crippen molar-refractivity contribution < 1.29 is 4.39 Å². The highest BCUT2D eigenvalue weighted by molar-refractivity contribution is 5.23. The van der Waals surface area contributed by atoms with Crippen molar-refractivity contribution in [2.45, 2.75) is 69.9 Å². The Hall–Kier alpha value is -0.890. The lowest BCUT2D eigenvalue weighted by Crippen LogP contribution is -2.47. The van der Waals surface area contributed by atoms with Crippen molar-refractivity contribution in [1.82, 2.24) is 5.32 Å². The predicted octanol–water partition coefficient (Wildman–Crippen LogP) is 4.63. The fourth-order valence-electron chi connectivity index (χ4n) is 3.93. The maximum atomic E-state index is 13.2. The Morgan fingerprint density at radius 2 is 2.00 bits per heavy atom. The minimum atomic E-state index is -0.100. The van der Waals surface area contributed by atoms with E-state index in [-0.39, 0.29) is 5.82 Å². The van der Waals surface area contributed by atoms with E-state index in [9.17, 15) is 4.39 Å². The largest absolute Gasteiger partial charge is 0.311 e. The first-order valence-electron chi connectivity index (χ1n) is 8.26. The normalized spacial score (nSPS) is 33.7. The second kappa shape index (κ2) is 6.26. The van der Waals surface area contributed by atoms with Gasteiger partial charge in [-0.2, -0.15) is 0 Å². The van der Waals surface area contributed by atoms with Crippen molar-refractivity contribution in [2.75, 3.05) is 0 Å². The zero-order chi connectivity index (χ0) is 13.9. The molecule has 110 valence electrons. The first kappa shape index (κ1) is 14.1. The van der Waals surface area contributed by atoms with Crippen LogP contribution in [0, 0.1) is 11.7 Å². The Morgan fingerprint density at radius 3 is 2.75 bits per heavy atom. The average molecular weight is 275 g/mol. The number of hydrogen-bond acceptors (Lipinski definition) is 1. The summed E-state index contributed by atoms with van der Waals surface area (Å²) in [4.78, 5) is 0. The summed E-state index contributed by atoms with van der Waals surface area (Å²) in [6.07, 6.45) is 9.19. The van der Waals surface area contributed by atoms with Gasteiger partial charge in [0.05, 0.1) is 0 Å². The Labute approximate surface area is 122 Å². The summed E-state index contributed by atoms with van der Waals surface area (Å²) in [5.74, 6) is 1.39. The first-order chi connectivity index (χ1) is 9.74. The van der Waals surface area contributed by atoms with Crippen molar-refractivity contribution in [3.05, 3.63) is 35.6 Å². The third-order valence-corrected chi connectivity index (χ3v) is 5.29. The molecule has 20 heavy (non-hydrogen) atoms. The van der Waals surface area contributed by atoms with Gasteiger partial charge in [0.1, 0.15) is 5.82 Å². The predicted molar refractivity (Wildman–Crippen MR) is 81.3 cm³/mol. The molecular formula is C18H26FN. The summed E-state index contributed by atoms with van der Waals surface area (Å²) in [5, 5.41) is 3.84. The van der Waals surface area contributed by atoms with Gasteiger partial charge >= 0.3 is 0 Å². The van der Waals surface area contributed by atoms with Crippen LogP contribution in [-0.4, -0.2) is 12.1 Å². The lowest BCUT2D eigenvalue weighted by Gasteiger charge is -2.40. The molecule has 0 aromatic heterocycles. The van der Waals surface area contributed by atoms with Crippen LogP contribution in [0.1, 0.15) is 63.4 Å². The van der Waals surface area contributed by atoms with Crippen molar-refractivity contribution in [1.29, 1.82) is 0 Å². The fraction of sp³-hybridized carbons (Fsp3) is 0.667. The highest BCUT2D eigenvalue weighted by atomic mass is 19.1. The molecule has 2 fully saturated rings. The van der Waals surface area contributed by atoms with Crippen LogP contribution in [0.5, 0.6) is 0 Å². The van der Waals surface area contributed by atoms with Gasteiger partial charge in [-0.05, 0) is 55.2 Å². The van der Waals surface area contributed by atoms with Gasteiger partial charge in [-0.3, -0.25) is 0 Å². The van der Waals surface area contributed by atoms with E-state index in [0.717, 1.165) is 12.0 Å². The van der Waals surface area contributed by atoms with Crippen molar-refractivity contribution >= 4 is 0 Å². The Morgan fingerprint density at radius 1 is 1.15 bits per heavy atom. The summed E-state index contributed by atoms with van der Waals surface area (Å²) < 4.78 is 13.2. The van der Waals surface area contributed by atoms with E-state index in [0.29, 0.717) is 12.0 Å². The zero-order valence-electron chi connectivity index (χ0n) is 12.4. The molecule has 2 saturated carbocycles. The zero-order valence-corrected chi connectivity index (χ0v) is 12.4. The molecule has 0 bridgehead atoms. The maximum Gasteiger partial charge on any atom is 0.123 e. The maximum absolute atomic E-state index is 13.2. The summed E-state index contributed by atoms with van der Waals surface area (Å²) in [7, 11) is 0. The molecule has 2 heteroatoms. The fourth-order valence-corrected chi connectivity index (χ4v) is 3.93. The van der Waals surface area contributed by atoms with Gasteiger partial charge in [-0.15, -0.1) is 0 Å². The minimum absolute atomic E-state index is 0.100. The molecule has 1 aromatic carbocycles. The van der Waals surface area contributed by atoms with Gasteiger partial charge in [0.2, 0.25) is 0 Å². The van der Waals surface area contributed by atoms with Crippen LogP contribution in [0.25, 0.3) is 0 Å². The Bertz CT molecular complexity index is 439. The molecule has 2 atom stereocenters. The van der Waals surface area contributed by atoms with E-state index < -0.39 is 0 Å². The van der Waals surface area contributed by atoms with Gasteiger partial charge in [0, 0.05) is 12.1 Å². The van der Waals surface area contributed by atoms with Crippen molar-refractivity contribution in [3.8, 4) is 0 Å². The molecule has 0 saturated heterocycles. The van der Waals surface area contributed by atoms with Crippen LogP contribution in [0.4, 0.5) is 4.39 Å². The van der Waals surface area contributed by atoms with E-state index in [1.165, 1.54) is 56.6 Å². The Kier molecular flexibility index (Phi) is 4.40. The standard InChI is InChI=1S/C18H26FN/c1-2-13-5-3-8-17(9-13)20-18-11-15(12-18)14-6-4-7-16(19)10-14/h4,6-7,10,13,15,17-18,20H,2-3,5,8-9,11-12H2,1H3. The van der Waals surface area contributed by atoms with Gasteiger partial charge < -0.3 is 5.32 Å². The van der Waals surface area contributed by atoms with E-state index in [2.05, 4.69) is 18.3 Å². The van der Waals surface area contributed by atoms with Gasteiger partial charge in [-0.1, -0.05) is 38.3 Å². The van der Waals surface area contributed by atoms with Crippen LogP contribution in [0.3, 0.4) is 0 Å². The van der Waals surface area contributed by atoms with Gasteiger partial charge in [-0.25, -0.2) is 4.39 Å². The molecule has 0 radical (unpaired) electrons. The molecule has 1 nitrogen and oxygen atoms in total. The monoisotopic (exact) mass is 275 g/mol. The summed E-state index contributed by atoms with van der Waals surface area (Å²) in [6.45, 7) is 2.32. The molecule has 2 unspecified atom stereocenters. The summed E-state index contributed by atoms with van der Waals surface area (Å²) in [5.41, 5.74) is 1.18. The molecule has 3 rings (SSSR count). The van der Waals surface area contributed by atoms with Crippen molar-refractivity contribution in [3.63, 3.8) is 0 Å². The Balaban J connectivity index is 1.46. The van der Waals surface area contributed by atoms with Gasteiger partial charge in [0.15, 0.2) is 0 Å². The average Bonchev–Trinajstić information content (AvgIpc) is 2.42. The minimum Gasteiger partial charge on any atom is -0.311 e. The number of benzene rings is 1. The van der Waals surface area contributed by atoms with Crippen LogP contribution in [0.2, 0.25) is 0 Å². The highest BCUT2D eigenvalue weighted by Crippen LogP contribution is 2.38. The smallest absolute Gasteiger partial charge is 0.123 e. The molecule has 1 N–H and O–H groups in total. The molecule has 2 aliphatic carbocycles. The van der Waals surface area contributed by atoms with Crippen LogP contribution < -0.4 is 5.32 Å². The molecular weight excluding hydrogens is 249 g/mol. The molecule has 0 amide bonds. The quantitative estimate of drug-likeness (QED) is 0.844. The molecule has 0 heterocycles. The van der Waals surface area contributed by atoms with Crippen LogP contribution in [-0.2, 0) is 0 Å². The number of hydrogen-bond donors (Lipinski definition) is 1. The third kappa shape index (κ3) is 3.22. The summed E-state index contributed by atoms with van der Waals surface area (Å²) >= 11 is 0. The van der Waals surface area contributed by atoms with E-state index >= 15 is 0 Å². The third-order valence-electron chi connectivity index (χ3n) is 5.29. The van der Waals surface area contributed by atoms with E-state index in [1.807, 2.05) is 6.07 Å². The topological polar surface area (TPSA) is 12.0 Å². The summed E-state index contributed by atoms with van der Waals surface area (Å²) in [6, 6.07) is 8.52. The molecule has 0 aliphatic heterocycles. The highest BCUT2D eigenvalue weighted by Gasteiger charge is 2.32. The number of halogens is 1. The van der Waals surface area contributed by atoms with Crippen LogP contribution in [0.15, 0.2) is 24.3 Å².